The highest BCUT2D eigenvalue weighted by atomic mass is 16.8. The maximum absolute atomic E-state index is 16.3. The summed E-state index contributed by atoms with van der Waals surface area (Å²) in [6.45, 7) is 6.89. The van der Waals surface area contributed by atoms with Gasteiger partial charge in [0.2, 0.25) is 53.4 Å². The van der Waals surface area contributed by atoms with E-state index in [2.05, 4.69) is 37.2 Å². The molecule has 588 valence electrons. The zero-order valence-electron chi connectivity index (χ0n) is 59.3. The van der Waals surface area contributed by atoms with Crippen molar-refractivity contribution in [3.05, 3.63) is 119 Å². The molecule has 3 fully saturated rings. The Morgan fingerprint density at radius 1 is 0.651 bits per heavy atom. The summed E-state index contributed by atoms with van der Waals surface area (Å²) in [5, 5.41) is 153. The molecule has 0 aliphatic carbocycles. The van der Waals surface area contributed by atoms with Crippen LogP contribution in [0, 0.1) is 5.92 Å². The molecule has 109 heavy (non-hydrogen) atoms. The predicted molar refractivity (Wildman–Crippen MR) is 370 cm³/mol. The molecule has 0 radical (unpaired) electrons. The average molecular weight is 1530 g/mol. The first-order valence-corrected chi connectivity index (χ1v) is 34.8. The number of carboxylic acids is 1. The molecule has 8 heterocycles. The molecule has 3 saturated heterocycles. The Morgan fingerprint density at radius 2 is 1.27 bits per heavy atom. The zero-order chi connectivity index (χ0) is 79.1. The van der Waals surface area contributed by atoms with Gasteiger partial charge in [0, 0.05) is 34.7 Å². The van der Waals surface area contributed by atoms with E-state index in [1.807, 2.05) is 13.8 Å². The number of ether oxygens (including phenoxy) is 8. The smallest absolute Gasteiger partial charge is 0.330 e. The number of carbonyl (C=O) groups is 8. The Bertz CT molecular complexity index is 4250. The number of benzene rings is 5. The van der Waals surface area contributed by atoms with Gasteiger partial charge in [-0.3, -0.25) is 33.6 Å². The Hall–Kier alpha value is -9.94. The first-order chi connectivity index (χ1) is 51.5. The van der Waals surface area contributed by atoms with Crippen LogP contribution >= 0.6 is 0 Å². The molecule has 23 N–H and O–H groups in total. The molecular formula is C72H87N9O28. The van der Waals surface area contributed by atoms with Crippen LogP contribution < -0.4 is 62.9 Å². The fourth-order valence-electron chi connectivity index (χ4n) is 13.8. The number of amides is 7. The van der Waals surface area contributed by atoms with Gasteiger partial charge in [-0.15, -0.1) is 0 Å². The second kappa shape index (κ2) is 32.7. The number of nitrogens with two attached hydrogens (primary N) is 2. The molecule has 37 nitrogen and oxygen atoms in total. The van der Waals surface area contributed by atoms with E-state index in [0.717, 1.165) is 42.5 Å². The van der Waals surface area contributed by atoms with Crippen molar-refractivity contribution in [2.24, 2.45) is 17.4 Å². The molecule has 0 aromatic heterocycles. The summed E-state index contributed by atoms with van der Waals surface area (Å²) in [7, 11) is 1.48. The highest BCUT2D eigenvalue weighted by molar-refractivity contribution is 6.00. The highest BCUT2D eigenvalue weighted by Gasteiger charge is 2.53. The molecule has 5 aromatic rings. The van der Waals surface area contributed by atoms with Crippen LogP contribution in [0.3, 0.4) is 0 Å². The molecular weight excluding hydrogens is 1440 g/mol. The maximum Gasteiger partial charge on any atom is 0.330 e. The predicted octanol–water partition coefficient (Wildman–Crippen LogP) is -2.35. The van der Waals surface area contributed by atoms with Crippen molar-refractivity contribution < 1.29 is 138 Å². The van der Waals surface area contributed by atoms with E-state index in [1.165, 1.54) is 76.3 Å². The Labute approximate surface area is 620 Å². The van der Waals surface area contributed by atoms with Crippen LogP contribution in [-0.2, 0) is 62.0 Å². The van der Waals surface area contributed by atoms with Gasteiger partial charge in [0.05, 0.1) is 37.4 Å². The SMILES string of the molecule is CN[C@H](CC(C)C)C(=O)N[C@H]1C(=O)N[C@@H](CC(N)=O)C(=O)N[C@H]2C(=O)N[C@H]3C(=O)N[C@H](C(=O)N[C@H](C(=O)O)c4cc(O)cc(O)c4-c4cc3ccc4O)[C@H](O[C@@H]3C[C@](C)(N)[C@H](O)[C@@H](C)O3)c3ccc(cc3)Oc3cc2cc(c3O[C@@H]2O[C@H](CO)[C@@H](O)[C@H](O)[C@H]2O[C@H]2O[C@H](C)[C@H](O)[C@H](O)[C@@H]2O)Oc2ccc(cc2)[C@H]1O. The fourth-order valence-corrected chi connectivity index (χ4v) is 13.8. The molecule has 37 heteroatoms. The van der Waals surface area contributed by atoms with Crippen molar-refractivity contribution >= 4 is 47.3 Å². The Kier molecular flexibility index (Phi) is 24.0. The van der Waals surface area contributed by atoms with Crippen molar-refractivity contribution in [1.29, 1.82) is 0 Å². The monoisotopic (exact) mass is 1530 g/mol. The molecule has 13 rings (SSSR count). The van der Waals surface area contributed by atoms with Gasteiger partial charge < -0.3 is 148 Å². The molecule has 0 saturated carbocycles. The molecule has 11 bridgehead atoms. The number of primary amides is 1. The second-order valence-electron chi connectivity index (χ2n) is 28.3. The molecule has 0 spiro atoms. The highest BCUT2D eigenvalue weighted by Crippen LogP contribution is 2.49. The van der Waals surface area contributed by atoms with Crippen LogP contribution in [0.1, 0.15) is 112 Å². The first kappa shape index (κ1) is 80.1. The number of hydrogen-bond donors (Lipinski definition) is 21. The van der Waals surface area contributed by atoms with Crippen LogP contribution in [0.2, 0.25) is 0 Å². The minimum Gasteiger partial charge on any atom is -0.508 e. The van der Waals surface area contributed by atoms with Gasteiger partial charge >= 0.3 is 5.97 Å². The summed E-state index contributed by atoms with van der Waals surface area (Å²) in [5.74, 6) is -15.4. The Morgan fingerprint density at radius 3 is 1.87 bits per heavy atom. The number of aromatic hydroxyl groups is 3. The molecule has 0 unspecified atom stereocenters. The van der Waals surface area contributed by atoms with Gasteiger partial charge in [0.25, 0.3) is 0 Å². The van der Waals surface area contributed by atoms with Crippen molar-refractivity contribution in [3.63, 3.8) is 0 Å². The quantitative estimate of drug-likeness (QED) is 0.0522. The number of carboxylic acid groups (broad SMARTS) is 1. The Balaban J connectivity index is 1.17. The van der Waals surface area contributed by atoms with Crippen LogP contribution in [0.5, 0.6) is 46.0 Å². The summed E-state index contributed by atoms with van der Waals surface area (Å²) in [6, 6.07) is 2.85. The fraction of sp³-hybridized carbons (Fsp3) is 0.472. The van der Waals surface area contributed by atoms with Crippen molar-refractivity contribution in [1.82, 2.24) is 37.2 Å². The number of likely N-dealkylation sites (N-methyl/N-ethyl adjacent to an activating group) is 1. The van der Waals surface area contributed by atoms with Crippen LogP contribution in [0.15, 0.2) is 91.0 Å². The van der Waals surface area contributed by atoms with Gasteiger partial charge in [-0.25, -0.2) is 4.79 Å². The van der Waals surface area contributed by atoms with Gasteiger partial charge in [-0.05, 0) is 117 Å². The van der Waals surface area contributed by atoms with Crippen molar-refractivity contribution in [2.45, 2.75) is 194 Å². The lowest BCUT2D eigenvalue weighted by Gasteiger charge is -2.45. The standard InChI is InChI=1S/C72H87N9O28/c1-26(2)17-38(75-6)63(94)80-51-54(88)29-7-12-34(13-8-29)104-42-19-32-20-43(60(42)108-71-61(57(91)55(89)44(25-82)106-71)109-70-58(92)56(90)53(87)27(3)103-70)105-35-14-9-30(10-15-35)59(107-46-24-72(5,74)62(93)28(4)102-46)52-68(99)79-50(69(100)101)37-21-33(83)22-41(85)47(37)36-18-31(11-16-40(36)84)48(65(96)81-52)78-66(97)49(32)77-64(95)39(23-45(73)86)76-67(51)98/h7-16,18-22,26-28,38-39,44,46,48-59,61-62,70-71,75,82-85,87-93H,17,23-25,74H2,1-6H3,(H2,73,86)(H,76,98)(H,77,95)(H,78,97)(H,79,99)(H,80,94)(H,81,96)(H,100,101)/t27-,28-,38-,39+,44-,46-,48-,49-,50+,51-,52+,53+,54-,55-,56+,57+,58+,59-,61-,62-,70-,71+,72+/m1/s1. The number of aliphatic hydroxyl groups excluding tert-OH is 8. The third-order valence-electron chi connectivity index (χ3n) is 19.7. The van der Waals surface area contributed by atoms with E-state index in [9.17, 15) is 80.5 Å². The molecule has 8 aliphatic rings. The molecule has 8 aliphatic heterocycles. The van der Waals surface area contributed by atoms with Gasteiger partial charge in [0.15, 0.2) is 36.2 Å². The zero-order valence-corrected chi connectivity index (χ0v) is 59.3. The number of aliphatic carboxylic acids is 1. The third-order valence-corrected chi connectivity index (χ3v) is 19.7. The summed E-state index contributed by atoms with van der Waals surface area (Å²) < 4.78 is 50.8. The average Bonchev–Trinajstić information content (AvgIpc) is 0.768. The summed E-state index contributed by atoms with van der Waals surface area (Å²) >= 11 is 0. The minimum atomic E-state index is -2.35. The number of fused-ring (bicyclic) bond motifs is 15. The first-order valence-electron chi connectivity index (χ1n) is 34.8. The van der Waals surface area contributed by atoms with E-state index in [-0.39, 0.29) is 46.9 Å². The van der Waals surface area contributed by atoms with Crippen LogP contribution in [0.4, 0.5) is 0 Å². The van der Waals surface area contributed by atoms with Crippen molar-refractivity contribution in [3.8, 4) is 57.1 Å². The number of phenolic OH excluding ortho intramolecular Hbond substituents is 3. The number of aliphatic hydroxyl groups is 8. The van der Waals surface area contributed by atoms with E-state index in [1.54, 1.807) is 0 Å². The van der Waals surface area contributed by atoms with E-state index < -0.39 is 257 Å². The summed E-state index contributed by atoms with van der Waals surface area (Å²) in [4.78, 5) is 119. The van der Waals surface area contributed by atoms with Crippen molar-refractivity contribution in [2.75, 3.05) is 13.7 Å². The van der Waals surface area contributed by atoms with Crippen LogP contribution in [-0.4, -0.2) is 232 Å². The van der Waals surface area contributed by atoms with E-state index in [4.69, 9.17) is 49.4 Å². The topological polar surface area (TPSA) is 589 Å². The number of rotatable bonds is 15. The minimum absolute atomic E-state index is 0.0567. The number of phenols is 3. The second-order valence-corrected chi connectivity index (χ2v) is 28.3. The van der Waals surface area contributed by atoms with Gasteiger partial charge in [-0.2, -0.15) is 0 Å². The number of nitrogens with one attached hydrogen (secondary N) is 7. The summed E-state index contributed by atoms with van der Waals surface area (Å²) in [6.07, 6.45) is -27.9. The molecule has 23 atom stereocenters. The lowest BCUT2D eigenvalue weighted by atomic mass is 9.86. The third kappa shape index (κ3) is 17.1. The van der Waals surface area contributed by atoms with Gasteiger partial charge in [0.1, 0.15) is 108 Å². The van der Waals surface area contributed by atoms with E-state index in [0.29, 0.717) is 0 Å². The molecule has 5 aromatic carbocycles. The summed E-state index contributed by atoms with van der Waals surface area (Å²) in [5.41, 5.74) is 8.43. The number of hydrogen-bond acceptors (Lipinski definition) is 29. The number of carbonyl (C=O) groups excluding carboxylic acids is 7. The largest absolute Gasteiger partial charge is 0.508 e. The normalized spacial score (nSPS) is 32.4. The lowest BCUT2D eigenvalue weighted by molar-refractivity contribution is -0.354. The lowest BCUT2D eigenvalue weighted by Crippen LogP contribution is -2.64. The van der Waals surface area contributed by atoms with Crippen LogP contribution in [0.25, 0.3) is 11.1 Å². The molecule has 7 amide bonds. The van der Waals surface area contributed by atoms with Gasteiger partial charge in [-0.1, -0.05) is 44.2 Å². The maximum atomic E-state index is 16.3. The van der Waals surface area contributed by atoms with E-state index >= 15 is 19.2 Å².